The maximum absolute atomic E-state index is 13.7. The van der Waals surface area contributed by atoms with Crippen molar-refractivity contribution < 1.29 is 22.6 Å². The van der Waals surface area contributed by atoms with Crippen molar-refractivity contribution in [3.63, 3.8) is 0 Å². The lowest BCUT2D eigenvalue weighted by atomic mass is 10.1. The van der Waals surface area contributed by atoms with Crippen molar-refractivity contribution in [2.75, 3.05) is 18.5 Å². The molecule has 0 spiro atoms. The van der Waals surface area contributed by atoms with Gasteiger partial charge in [-0.2, -0.15) is 18.2 Å². The number of fused-ring (bicyclic) bond motifs is 1. The topological polar surface area (TPSA) is 135 Å². The Morgan fingerprint density at radius 1 is 1.27 bits per heavy atom. The standard InChI is InChI=1S/C24H21Cl2F3N8O3/c1-36-19-17(25)16(40-15(8-30)18-20(26)32-5-4-31-18)9-33-21(19)35-23(36)34-14-7-12(24(27,28)29)10-37(22(14)38)13-3-2-6-39-11-13/h4-5,7-10,13H,2-3,6,11,30H2,1H3,(H,33,34,35). The van der Waals surface area contributed by atoms with Gasteiger partial charge in [-0.05, 0) is 18.9 Å². The second-order valence-electron chi connectivity index (χ2n) is 8.78. The van der Waals surface area contributed by atoms with E-state index in [9.17, 15) is 18.0 Å². The van der Waals surface area contributed by atoms with Crippen LogP contribution in [0.5, 0.6) is 5.75 Å². The molecular formula is C24H21Cl2F3N8O3. The number of nitrogens with zero attached hydrogens (tertiary/aromatic N) is 6. The summed E-state index contributed by atoms with van der Waals surface area (Å²) in [5, 5.41) is 2.83. The van der Waals surface area contributed by atoms with Gasteiger partial charge in [-0.3, -0.25) is 4.79 Å². The first-order chi connectivity index (χ1) is 19.1. The van der Waals surface area contributed by atoms with Gasteiger partial charge >= 0.3 is 6.18 Å². The zero-order chi connectivity index (χ0) is 28.6. The molecule has 1 aliphatic heterocycles. The Balaban J connectivity index is 1.53. The number of anilines is 2. The van der Waals surface area contributed by atoms with Crippen LogP contribution in [0.1, 0.15) is 30.1 Å². The van der Waals surface area contributed by atoms with Gasteiger partial charge in [0.15, 0.2) is 22.3 Å². The zero-order valence-electron chi connectivity index (χ0n) is 20.7. The van der Waals surface area contributed by atoms with Crippen LogP contribution < -0.4 is 21.3 Å². The number of nitrogens with two attached hydrogens (primary N) is 1. The molecule has 1 atom stereocenters. The van der Waals surface area contributed by atoms with E-state index in [4.69, 9.17) is 38.4 Å². The molecule has 3 N–H and O–H groups in total. The molecule has 40 heavy (non-hydrogen) atoms. The predicted molar refractivity (Wildman–Crippen MR) is 141 cm³/mol. The van der Waals surface area contributed by atoms with Gasteiger partial charge < -0.3 is 29.7 Å². The van der Waals surface area contributed by atoms with Crippen LogP contribution in [0, 0.1) is 0 Å². The number of nitrogens with one attached hydrogen (secondary N) is 1. The number of alkyl halides is 3. The van der Waals surface area contributed by atoms with Crippen molar-refractivity contribution in [3.05, 3.63) is 68.8 Å². The van der Waals surface area contributed by atoms with E-state index in [0.29, 0.717) is 19.4 Å². The van der Waals surface area contributed by atoms with E-state index in [1.54, 1.807) is 7.05 Å². The first-order valence-electron chi connectivity index (χ1n) is 11.8. The number of aromatic nitrogens is 6. The summed E-state index contributed by atoms with van der Waals surface area (Å²) in [5.41, 5.74) is 4.32. The van der Waals surface area contributed by atoms with Crippen LogP contribution in [-0.4, -0.2) is 42.3 Å². The second kappa shape index (κ2) is 10.9. The Bertz CT molecular complexity index is 1670. The number of rotatable bonds is 6. The summed E-state index contributed by atoms with van der Waals surface area (Å²) in [6, 6.07) is 0.210. The quantitative estimate of drug-likeness (QED) is 0.304. The summed E-state index contributed by atoms with van der Waals surface area (Å²) in [6.07, 6.45) is 2.47. The van der Waals surface area contributed by atoms with Crippen molar-refractivity contribution in [3.8, 4) is 5.75 Å². The average molecular weight is 597 g/mol. The fourth-order valence-corrected chi connectivity index (χ4v) is 4.74. The fraction of sp³-hybridized carbons (Fsp3) is 0.292. The molecule has 210 valence electrons. The minimum Gasteiger partial charge on any atom is -0.450 e. The molecule has 11 nitrogen and oxygen atoms in total. The maximum Gasteiger partial charge on any atom is 0.417 e. The van der Waals surface area contributed by atoms with E-state index in [1.807, 2.05) is 0 Å². The van der Waals surface area contributed by atoms with Crippen LogP contribution in [0.25, 0.3) is 16.9 Å². The SMILES string of the molecule is Cn1c(Nc2cc(C(F)(F)F)cn(C3CCCOC3)c2=O)nc2ncc(OC(=CN)c3nccnc3Cl)c(Cl)c21. The largest absolute Gasteiger partial charge is 0.450 e. The Labute approximate surface area is 234 Å². The summed E-state index contributed by atoms with van der Waals surface area (Å²) < 4.78 is 54.9. The first-order valence-corrected chi connectivity index (χ1v) is 12.6. The first kappa shape index (κ1) is 27.7. The van der Waals surface area contributed by atoms with Gasteiger partial charge in [0.25, 0.3) is 5.56 Å². The van der Waals surface area contributed by atoms with Crippen molar-refractivity contribution >= 4 is 51.8 Å². The fourth-order valence-electron chi connectivity index (χ4n) is 4.24. The third-order valence-corrected chi connectivity index (χ3v) is 6.85. The molecule has 1 saturated heterocycles. The summed E-state index contributed by atoms with van der Waals surface area (Å²) in [6.45, 7) is 0.622. The molecule has 4 aromatic rings. The van der Waals surface area contributed by atoms with Crippen LogP contribution in [-0.2, 0) is 18.0 Å². The smallest absolute Gasteiger partial charge is 0.417 e. The van der Waals surface area contributed by atoms with E-state index in [2.05, 4.69) is 25.3 Å². The lowest BCUT2D eigenvalue weighted by Gasteiger charge is -2.25. The highest BCUT2D eigenvalue weighted by Crippen LogP contribution is 2.36. The van der Waals surface area contributed by atoms with E-state index in [-0.39, 0.29) is 56.8 Å². The summed E-state index contributed by atoms with van der Waals surface area (Å²) in [7, 11) is 1.55. The molecule has 5 heterocycles. The Morgan fingerprint density at radius 3 is 2.73 bits per heavy atom. The van der Waals surface area contributed by atoms with Crippen molar-refractivity contribution in [2.24, 2.45) is 12.8 Å². The summed E-state index contributed by atoms with van der Waals surface area (Å²) >= 11 is 12.7. The van der Waals surface area contributed by atoms with Gasteiger partial charge in [0.1, 0.15) is 21.9 Å². The van der Waals surface area contributed by atoms with Gasteiger partial charge in [0.2, 0.25) is 5.95 Å². The minimum absolute atomic E-state index is 0.0241. The molecule has 0 amide bonds. The van der Waals surface area contributed by atoms with Crippen LogP contribution in [0.15, 0.2) is 41.8 Å². The van der Waals surface area contributed by atoms with E-state index in [1.165, 1.54) is 23.2 Å². The highest BCUT2D eigenvalue weighted by Gasteiger charge is 2.33. The Kier molecular flexibility index (Phi) is 7.57. The number of imidazole rings is 1. The Morgan fingerprint density at radius 2 is 2.05 bits per heavy atom. The van der Waals surface area contributed by atoms with Gasteiger partial charge in [0.05, 0.1) is 24.4 Å². The number of ether oxygens (including phenoxy) is 2. The third-order valence-electron chi connectivity index (χ3n) is 6.21. The van der Waals surface area contributed by atoms with Gasteiger partial charge in [0, 0.05) is 38.4 Å². The molecule has 0 aliphatic carbocycles. The molecule has 5 rings (SSSR count). The van der Waals surface area contributed by atoms with Crippen LogP contribution >= 0.6 is 23.2 Å². The lowest BCUT2D eigenvalue weighted by molar-refractivity contribution is -0.138. The van der Waals surface area contributed by atoms with E-state index < -0.39 is 23.3 Å². The van der Waals surface area contributed by atoms with Crippen molar-refractivity contribution in [1.29, 1.82) is 0 Å². The van der Waals surface area contributed by atoms with Crippen molar-refractivity contribution in [2.45, 2.75) is 25.1 Å². The predicted octanol–water partition coefficient (Wildman–Crippen LogP) is 4.68. The molecule has 1 fully saturated rings. The Hall–Kier alpha value is -3.88. The van der Waals surface area contributed by atoms with Gasteiger partial charge in [-0.1, -0.05) is 23.2 Å². The van der Waals surface area contributed by atoms with Crippen LogP contribution in [0.3, 0.4) is 0 Å². The molecule has 0 aromatic carbocycles. The summed E-state index contributed by atoms with van der Waals surface area (Å²) in [4.78, 5) is 29.9. The monoisotopic (exact) mass is 596 g/mol. The second-order valence-corrected chi connectivity index (χ2v) is 9.52. The maximum atomic E-state index is 13.7. The molecule has 0 bridgehead atoms. The van der Waals surface area contributed by atoms with Gasteiger partial charge in [-0.15, -0.1) is 0 Å². The molecule has 0 saturated carbocycles. The van der Waals surface area contributed by atoms with Crippen LogP contribution in [0.2, 0.25) is 10.2 Å². The highest BCUT2D eigenvalue weighted by molar-refractivity contribution is 6.36. The van der Waals surface area contributed by atoms with Crippen molar-refractivity contribution in [1.82, 2.24) is 29.1 Å². The molecule has 0 radical (unpaired) electrons. The molecule has 16 heteroatoms. The zero-order valence-corrected chi connectivity index (χ0v) is 22.3. The average Bonchev–Trinajstić information content (AvgIpc) is 3.25. The molecule has 1 unspecified atom stereocenters. The normalized spacial score (nSPS) is 16.4. The molecule has 1 aliphatic rings. The molecule has 4 aromatic heterocycles. The van der Waals surface area contributed by atoms with E-state index >= 15 is 0 Å². The number of pyridine rings is 2. The van der Waals surface area contributed by atoms with E-state index in [0.717, 1.165) is 23.0 Å². The third kappa shape index (κ3) is 5.29. The summed E-state index contributed by atoms with van der Waals surface area (Å²) in [5.74, 6) is 0.148. The minimum atomic E-state index is -4.69. The number of aryl methyl sites for hydroxylation is 1. The molecular weight excluding hydrogens is 576 g/mol. The number of hydrogen-bond donors (Lipinski definition) is 2. The highest BCUT2D eigenvalue weighted by atomic mass is 35.5. The number of hydrogen-bond acceptors (Lipinski definition) is 9. The van der Waals surface area contributed by atoms with Crippen LogP contribution in [0.4, 0.5) is 24.8 Å². The lowest BCUT2D eigenvalue weighted by Crippen LogP contribution is -2.32. The van der Waals surface area contributed by atoms with Gasteiger partial charge in [-0.25, -0.2) is 15.0 Å². The number of halogens is 5.